The summed E-state index contributed by atoms with van der Waals surface area (Å²) in [7, 11) is 4.58. The first-order valence-corrected chi connectivity index (χ1v) is 9.83. The van der Waals surface area contributed by atoms with Crippen LogP contribution in [0, 0.1) is 11.6 Å². The number of nitrogens with zero attached hydrogens (tertiary/aromatic N) is 2. The van der Waals surface area contributed by atoms with E-state index in [-0.39, 0.29) is 18.1 Å². The topological polar surface area (TPSA) is 75.8 Å². The van der Waals surface area contributed by atoms with Gasteiger partial charge in [0, 0.05) is 23.3 Å². The van der Waals surface area contributed by atoms with Crippen molar-refractivity contribution in [2.75, 3.05) is 21.3 Å². The molecular weight excluding hydrogens is 434 g/mol. The van der Waals surface area contributed by atoms with Gasteiger partial charge in [0.15, 0.2) is 11.5 Å². The van der Waals surface area contributed by atoms with Crippen LogP contribution in [0.4, 0.5) is 8.78 Å². The van der Waals surface area contributed by atoms with Crippen LogP contribution in [0.25, 0.3) is 22.8 Å². The largest absolute Gasteiger partial charge is 0.497 e. The van der Waals surface area contributed by atoms with E-state index in [0.29, 0.717) is 39.9 Å². The van der Waals surface area contributed by atoms with E-state index in [4.69, 9.17) is 23.5 Å². The Balaban J connectivity index is 1.56. The van der Waals surface area contributed by atoms with Crippen molar-refractivity contribution in [3.63, 3.8) is 0 Å². The third kappa shape index (κ3) is 4.72. The number of methoxy groups -OCH3 is 3. The van der Waals surface area contributed by atoms with E-state index in [1.165, 1.54) is 26.4 Å². The van der Waals surface area contributed by atoms with Crippen LogP contribution in [0.5, 0.6) is 23.0 Å². The molecule has 0 saturated heterocycles. The number of aromatic nitrogens is 2. The lowest BCUT2D eigenvalue weighted by atomic mass is 10.1. The third-order valence-corrected chi connectivity index (χ3v) is 4.89. The van der Waals surface area contributed by atoms with Crippen molar-refractivity contribution in [3.8, 4) is 45.8 Å². The monoisotopic (exact) mass is 454 g/mol. The average molecular weight is 454 g/mol. The van der Waals surface area contributed by atoms with Gasteiger partial charge in [-0.25, -0.2) is 8.78 Å². The van der Waals surface area contributed by atoms with Crippen LogP contribution in [0.15, 0.2) is 59.1 Å². The van der Waals surface area contributed by atoms with Gasteiger partial charge in [-0.3, -0.25) is 0 Å². The summed E-state index contributed by atoms with van der Waals surface area (Å²) >= 11 is 0. The van der Waals surface area contributed by atoms with E-state index in [0.717, 1.165) is 6.07 Å². The predicted molar refractivity (Wildman–Crippen MR) is 116 cm³/mol. The van der Waals surface area contributed by atoms with Gasteiger partial charge in [-0.2, -0.15) is 4.98 Å². The van der Waals surface area contributed by atoms with E-state index >= 15 is 0 Å². The fraction of sp³-hybridized carbons (Fsp3) is 0.167. The third-order valence-electron chi connectivity index (χ3n) is 4.89. The van der Waals surface area contributed by atoms with Crippen molar-refractivity contribution in [2.45, 2.75) is 6.61 Å². The number of ether oxygens (including phenoxy) is 4. The van der Waals surface area contributed by atoms with Gasteiger partial charge in [0.2, 0.25) is 5.82 Å². The van der Waals surface area contributed by atoms with Gasteiger partial charge in [0.1, 0.15) is 29.7 Å². The summed E-state index contributed by atoms with van der Waals surface area (Å²) in [6.07, 6.45) is 0. The van der Waals surface area contributed by atoms with Gasteiger partial charge >= 0.3 is 0 Å². The Morgan fingerprint density at radius 1 is 0.818 bits per heavy atom. The number of benzene rings is 3. The van der Waals surface area contributed by atoms with Crippen molar-refractivity contribution in [1.82, 2.24) is 10.1 Å². The normalized spacial score (nSPS) is 10.7. The minimum atomic E-state index is -0.682. The van der Waals surface area contributed by atoms with Crippen LogP contribution >= 0.6 is 0 Å². The van der Waals surface area contributed by atoms with Crippen molar-refractivity contribution in [1.29, 1.82) is 0 Å². The second-order valence-corrected chi connectivity index (χ2v) is 6.88. The fourth-order valence-electron chi connectivity index (χ4n) is 3.15. The van der Waals surface area contributed by atoms with Crippen molar-refractivity contribution in [3.05, 3.63) is 71.8 Å². The van der Waals surface area contributed by atoms with E-state index < -0.39 is 11.6 Å². The molecule has 0 aliphatic rings. The van der Waals surface area contributed by atoms with E-state index in [2.05, 4.69) is 10.1 Å². The van der Waals surface area contributed by atoms with Crippen molar-refractivity contribution in [2.24, 2.45) is 0 Å². The van der Waals surface area contributed by atoms with Crippen LogP contribution < -0.4 is 18.9 Å². The Morgan fingerprint density at radius 2 is 1.64 bits per heavy atom. The summed E-state index contributed by atoms with van der Waals surface area (Å²) in [5.74, 6) is 1.21. The molecule has 0 unspecified atom stereocenters. The molecule has 33 heavy (non-hydrogen) atoms. The van der Waals surface area contributed by atoms with E-state index in [1.54, 1.807) is 43.5 Å². The highest BCUT2D eigenvalue weighted by Crippen LogP contribution is 2.35. The summed E-state index contributed by atoms with van der Waals surface area (Å²) in [6.45, 7) is -0.0918. The first-order chi connectivity index (χ1) is 16.0. The molecule has 0 spiro atoms. The Labute approximate surface area is 188 Å². The SMILES string of the molecule is COc1ccc(-c2nc(-c3ccc(OCc4ccc(F)cc4F)c(OC)c3)no2)c(OC)c1. The molecule has 0 amide bonds. The maximum absolute atomic E-state index is 13.9. The highest BCUT2D eigenvalue weighted by atomic mass is 19.1. The molecule has 0 atom stereocenters. The van der Waals surface area contributed by atoms with Crippen molar-refractivity contribution >= 4 is 0 Å². The van der Waals surface area contributed by atoms with Gasteiger partial charge in [0.25, 0.3) is 5.89 Å². The number of rotatable bonds is 8. The highest BCUT2D eigenvalue weighted by Gasteiger charge is 2.17. The predicted octanol–water partition coefficient (Wildman–Crippen LogP) is 5.29. The van der Waals surface area contributed by atoms with E-state index in [9.17, 15) is 8.78 Å². The molecule has 0 aliphatic heterocycles. The Hall–Kier alpha value is -4.14. The molecule has 9 heteroatoms. The fourth-order valence-corrected chi connectivity index (χ4v) is 3.15. The van der Waals surface area contributed by atoms with Crippen LogP contribution in [0.1, 0.15) is 5.56 Å². The quantitative estimate of drug-likeness (QED) is 0.358. The molecule has 1 heterocycles. The molecule has 0 bridgehead atoms. The lowest BCUT2D eigenvalue weighted by Gasteiger charge is -2.12. The smallest absolute Gasteiger partial charge is 0.262 e. The minimum Gasteiger partial charge on any atom is -0.497 e. The molecule has 1 aromatic heterocycles. The first kappa shape index (κ1) is 22.1. The van der Waals surface area contributed by atoms with Crippen LogP contribution in [-0.4, -0.2) is 31.5 Å². The van der Waals surface area contributed by atoms with Gasteiger partial charge in [0.05, 0.1) is 26.9 Å². The molecule has 0 fully saturated rings. The molecule has 170 valence electrons. The summed E-state index contributed by atoms with van der Waals surface area (Å²) in [6, 6.07) is 13.6. The van der Waals surface area contributed by atoms with Crippen LogP contribution in [-0.2, 0) is 6.61 Å². The summed E-state index contributed by atoms with van der Waals surface area (Å²) < 4.78 is 54.1. The number of hydrogen-bond acceptors (Lipinski definition) is 7. The van der Waals surface area contributed by atoms with E-state index in [1.807, 2.05) is 0 Å². The molecular formula is C24H20F2N2O5. The number of hydrogen-bond donors (Lipinski definition) is 0. The molecule has 0 radical (unpaired) electrons. The zero-order valence-corrected chi connectivity index (χ0v) is 18.1. The molecule has 7 nitrogen and oxygen atoms in total. The average Bonchev–Trinajstić information content (AvgIpc) is 3.33. The zero-order chi connectivity index (χ0) is 23.4. The second-order valence-electron chi connectivity index (χ2n) is 6.88. The Bertz CT molecular complexity index is 1280. The zero-order valence-electron chi connectivity index (χ0n) is 18.1. The molecule has 0 aliphatic carbocycles. The van der Waals surface area contributed by atoms with Crippen LogP contribution in [0.2, 0.25) is 0 Å². The molecule has 4 aromatic rings. The molecule has 0 N–H and O–H groups in total. The molecule has 0 saturated carbocycles. The van der Waals surface area contributed by atoms with Crippen LogP contribution in [0.3, 0.4) is 0 Å². The summed E-state index contributed by atoms with van der Waals surface area (Å²) in [5.41, 5.74) is 1.46. The summed E-state index contributed by atoms with van der Waals surface area (Å²) in [5, 5.41) is 4.04. The highest BCUT2D eigenvalue weighted by molar-refractivity contribution is 5.67. The van der Waals surface area contributed by atoms with Gasteiger partial charge in [-0.05, 0) is 42.5 Å². The lowest BCUT2D eigenvalue weighted by molar-refractivity contribution is 0.279. The Kier molecular flexibility index (Phi) is 6.39. The minimum absolute atomic E-state index is 0.0918. The summed E-state index contributed by atoms with van der Waals surface area (Å²) in [4.78, 5) is 4.45. The van der Waals surface area contributed by atoms with Gasteiger partial charge in [-0.15, -0.1) is 0 Å². The van der Waals surface area contributed by atoms with Gasteiger partial charge in [-0.1, -0.05) is 5.16 Å². The number of halogens is 2. The standard InChI is InChI=1S/C24H20F2N2O5/c1-29-17-7-8-18(21(12-17)30-2)24-27-23(28-33-24)14-5-9-20(22(10-14)31-3)32-13-15-4-6-16(25)11-19(15)26/h4-12H,13H2,1-3H3. The first-order valence-electron chi connectivity index (χ1n) is 9.83. The second kappa shape index (κ2) is 9.56. The molecule has 3 aromatic carbocycles. The maximum Gasteiger partial charge on any atom is 0.262 e. The maximum atomic E-state index is 13.9. The Morgan fingerprint density at radius 3 is 2.36 bits per heavy atom. The molecule has 4 rings (SSSR count). The van der Waals surface area contributed by atoms with Crippen molar-refractivity contribution < 1.29 is 32.3 Å². The van der Waals surface area contributed by atoms with Gasteiger partial charge < -0.3 is 23.5 Å². The lowest BCUT2D eigenvalue weighted by Crippen LogP contribution is -2.00.